The first-order valence-corrected chi connectivity index (χ1v) is 6.88. The van der Waals surface area contributed by atoms with E-state index in [0.717, 1.165) is 10.1 Å². The molecular weight excluding hydrogens is 314 g/mol. The lowest BCUT2D eigenvalue weighted by atomic mass is 10.1. The Labute approximate surface area is 129 Å². The van der Waals surface area contributed by atoms with Crippen molar-refractivity contribution in [2.75, 3.05) is 0 Å². The summed E-state index contributed by atoms with van der Waals surface area (Å²) >= 11 is 5.74. The molecule has 3 heterocycles. The van der Waals surface area contributed by atoms with E-state index in [9.17, 15) is 13.9 Å². The lowest BCUT2D eigenvalue weighted by Gasteiger charge is -2.02. The van der Waals surface area contributed by atoms with Crippen LogP contribution in [0.25, 0.3) is 5.65 Å². The third-order valence-electron chi connectivity index (χ3n) is 3.21. The number of hydrogen-bond donors (Lipinski definition) is 0. The van der Waals surface area contributed by atoms with Gasteiger partial charge in [0.05, 0.1) is 0 Å². The monoisotopic (exact) mass is 324 g/mol. The van der Waals surface area contributed by atoms with E-state index in [-0.39, 0.29) is 0 Å². The Morgan fingerprint density at radius 1 is 1.27 bits per heavy atom. The molecule has 0 aliphatic carbocycles. The number of nitrogens with zero attached hydrogens (tertiary/aromatic N) is 4. The third-order valence-corrected chi connectivity index (χ3v) is 3.43. The van der Waals surface area contributed by atoms with Crippen LogP contribution in [0.2, 0.25) is 5.15 Å². The number of hydrogen-bond acceptors (Lipinski definition) is 3. The second-order valence-electron chi connectivity index (χ2n) is 4.74. The summed E-state index contributed by atoms with van der Waals surface area (Å²) in [5.41, 5.74) is 1.91. The molecule has 0 N–H and O–H groups in total. The van der Waals surface area contributed by atoms with Crippen molar-refractivity contribution in [2.45, 2.75) is 19.4 Å². The van der Waals surface area contributed by atoms with E-state index in [0.29, 0.717) is 22.9 Å². The van der Waals surface area contributed by atoms with E-state index in [1.165, 1.54) is 4.52 Å². The zero-order valence-electron chi connectivity index (χ0n) is 11.3. The van der Waals surface area contributed by atoms with Crippen molar-refractivity contribution in [3.8, 4) is 6.01 Å². The van der Waals surface area contributed by atoms with E-state index in [1.807, 2.05) is 6.07 Å². The summed E-state index contributed by atoms with van der Waals surface area (Å²) in [5, 5.41) is 16.0. The molecule has 0 atom stereocenters. The van der Waals surface area contributed by atoms with Crippen LogP contribution in [0, 0.1) is 0 Å². The van der Waals surface area contributed by atoms with Crippen LogP contribution >= 0.6 is 11.6 Å². The minimum atomic E-state index is -2.62. The molecule has 5 nitrogen and oxygen atoms in total. The first-order chi connectivity index (χ1) is 10.5. The normalized spacial score (nSPS) is 11.5. The van der Waals surface area contributed by atoms with Crippen LogP contribution in [0.4, 0.5) is 8.78 Å². The van der Waals surface area contributed by atoms with Gasteiger partial charge in [-0.3, -0.25) is 0 Å². The quantitative estimate of drug-likeness (QED) is 0.541. The van der Waals surface area contributed by atoms with Gasteiger partial charge in [-0.1, -0.05) is 28.2 Å². The van der Waals surface area contributed by atoms with E-state index >= 15 is 0 Å². The largest absolute Gasteiger partial charge is 0.818 e. The van der Waals surface area contributed by atoms with Crippen LogP contribution in [0.15, 0.2) is 36.5 Å². The summed E-state index contributed by atoms with van der Waals surface area (Å²) < 4.78 is 27.5. The zero-order valence-corrected chi connectivity index (χ0v) is 12.0. The predicted molar refractivity (Wildman–Crippen MR) is 72.9 cm³/mol. The van der Waals surface area contributed by atoms with Crippen LogP contribution in [-0.4, -0.2) is 21.0 Å². The smallest absolute Gasteiger partial charge is 0.269 e. The van der Waals surface area contributed by atoms with Crippen molar-refractivity contribution in [1.29, 1.82) is 0 Å². The Bertz CT molecular complexity index is 804. The molecule has 0 aromatic carbocycles. The fourth-order valence-electron chi connectivity index (χ4n) is 2.25. The maximum Gasteiger partial charge on any atom is 0.269 e. The van der Waals surface area contributed by atoms with Crippen molar-refractivity contribution in [2.24, 2.45) is 0 Å². The lowest BCUT2D eigenvalue weighted by molar-refractivity contribution is -0.722. The molecule has 3 aromatic rings. The van der Waals surface area contributed by atoms with Crippen molar-refractivity contribution in [1.82, 2.24) is 14.6 Å². The van der Waals surface area contributed by atoms with Gasteiger partial charge in [0, 0.05) is 23.8 Å². The van der Waals surface area contributed by atoms with Gasteiger partial charge in [-0.25, -0.2) is 18.3 Å². The average Bonchev–Trinajstić information content (AvgIpc) is 2.79. The molecule has 0 aliphatic rings. The predicted octanol–water partition coefficient (Wildman–Crippen LogP) is 1.60. The molecular formula is C14H11ClF2N4O. The average molecular weight is 325 g/mol. The molecule has 0 saturated heterocycles. The second-order valence-corrected chi connectivity index (χ2v) is 5.12. The van der Waals surface area contributed by atoms with Gasteiger partial charge in [0.25, 0.3) is 12.1 Å². The first kappa shape index (κ1) is 14.6. The summed E-state index contributed by atoms with van der Waals surface area (Å²) in [7, 11) is 0. The number of pyridine rings is 2. The van der Waals surface area contributed by atoms with Gasteiger partial charge in [-0.05, 0) is 17.7 Å². The number of halogens is 3. The fraction of sp³-hybridized carbons (Fsp3) is 0.214. The Morgan fingerprint density at radius 2 is 2.09 bits per heavy atom. The Kier molecular flexibility index (Phi) is 3.89. The molecule has 0 radical (unpaired) electrons. The highest BCUT2D eigenvalue weighted by Gasteiger charge is 2.19. The van der Waals surface area contributed by atoms with Crippen LogP contribution in [0.3, 0.4) is 0 Å². The van der Waals surface area contributed by atoms with Gasteiger partial charge >= 0.3 is 0 Å². The molecule has 0 bridgehead atoms. The van der Waals surface area contributed by atoms with Crippen LogP contribution < -0.4 is 9.67 Å². The van der Waals surface area contributed by atoms with Crippen molar-refractivity contribution >= 4 is 17.2 Å². The van der Waals surface area contributed by atoms with E-state index in [4.69, 9.17) is 11.6 Å². The zero-order chi connectivity index (χ0) is 15.7. The molecule has 114 valence electrons. The maximum absolute atomic E-state index is 12.6. The first-order valence-electron chi connectivity index (χ1n) is 6.50. The van der Waals surface area contributed by atoms with E-state index in [1.54, 1.807) is 30.5 Å². The van der Waals surface area contributed by atoms with Crippen LogP contribution in [0.5, 0.6) is 6.01 Å². The number of fused-ring (bicyclic) bond motifs is 1. The van der Waals surface area contributed by atoms with Crippen molar-refractivity contribution < 1.29 is 18.5 Å². The molecule has 0 aliphatic heterocycles. The summed E-state index contributed by atoms with van der Waals surface area (Å²) in [6.07, 6.45) is -0.539. The molecule has 0 amide bonds. The van der Waals surface area contributed by atoms with Crippen LogP contribution in [-0.2, 0) is 13.0 Å². The third kappa shape index (κ3) is 2.85. The molecule has 22 heavy (non-hydrogen) atoms. The number of aromatic nitrogens is 4. The standard InChI is InChI=1S/C14H11ClF2N4O/c15-11-5-4-9(7-18-11)6-10-2-1-3-13-20(8-12(16)17)14(22)19-21(10)13/h1-5,7,12H,6,8H2. The Morgan fingerprint density at radius 3 is 2.77 bits per heavy atom. The molecule has 3 rings (SSSR count). The highest BCUT2D eigenvalue weighted by atomic mass is 35.5. The Balaban J connectivity index is 2.02. The van der Waals surface area contributed by atoms with Gasteiger partial charge in [0.15, 0.2) is 0 Å². The number of rotatable bonds is 4. The van der Waals surface area contributed by atoms with Gasteiger partial charge < -0.3 is 5.11 Å². The van der Waals surface area contributed by atoms with Crippen LogP contribution in [0.1, 0.15) is 11.3 Å². The fourth-order valence-corrected chi connectivity index (χ4v) is 2.37. The minimum absolute atomic E-state index is 0.338. The molecule has 0 spiro atoms. The van der Waals surface area contributed by atoms with E-state index < -0.39 is 19.0 Å². The maximum atomic E-state index is 12.6. The Hall–Kier alpha value is -2.28. The summed E-state index contributed by atoms with van der Waals surface area (Å²) in [5.74, 6) is 0. The molecule has 0 unspecified atom stereocenters. The highest BCUT2D eigenvalue weighted by Crippen LogP contribution is 2.13. The second kappa shape index (κ2) is 5.84. The minimum Gasteiger partial charge on any atom is -0.818 e. The molecule has 3 aromatic heterocycles. The topological polar surface area (TPSA) is 57.1 Å². The summed E-state index contributed by atoms with van der Waals surface area (Å²) in [6, 6.07) is 7.85. The summed E-state index contributed by atoms with van der Waals surface area (Å²) in [6.45, 7) is -0.672. The molecule has 0 saturated carbocycles. The summed E-state index contributed by atoms with van der Waals surface area (Å²) in [4.78, 5) is 3.99. The van der Waals surface area contributed by atoms with Gasteiger partial charge in [-0.2, -0.15) is 0 Å². The van der Waals surface area contributed by atoms with Gasteiger partial charge in [0.1, 0.15) is 17.4 Å². The number of alkyl halides is 2. The molecule has 0 fully saturated rings. The van der Waals surface area contributed by atoms with E-state index in [2.05, 4.69) is 10.1 Å². The SMILES string of the molecule is [O-]c1nn2c(Cc3ccc(Cl)nc3)cccc2[n+]1CC(F)F. The highest BCUT2D eigenvalue weighted by molar-refractivity contribution is 6.29. The van der Waals surface area contributed by atoms with Crippen molar-refractivity contribution in [3.63, 3.8) is 0 Å². The molecule has 8 heteroatoms. The lowest BCUT2D eigenvalue weighted by Crippen LogP contribution is -2.39. The van der Waals surface area contributed by atoms with Gasteiger partial charge in [-0.15, -0.1) is 0 Å². The van der Waals surface area contributed by atoms with Gasteiger partial charge in [0.2, 0.25) is 6.01 Å². The van der Waals surface area contributed by atoms with Crippen molar-refractivity contribution in [3.05, 3.63) is 52.9 Å².